The van der Waals surface area contributed by atoms with Crippen LogP contribution in [-0.2, 0) is 9.47 Å². The molecule has 1 N–H and O–H groups in total. The monoisotopic (exact) mass is 304 g/mol. The molecule has 2 fully saturated rings. The first-order valence-electron chi connectivity index (χ1n) is 7.21. The van der Waals surface area contributed by atoms with Crippen LogP contribution in [-0.4, -0.2) is 42.1 Å². The molecular formula is C14H28O3SSi. The van der Waals surface area contributed by atoms with E-state index in [4.69, 9.17) is 9.47 Å². The highest BCUT2D eigenvalue weighted by Gasteiger charge is 2.50. The summed E-state index contributed by atoms with van der Waals surface area (Å²) in [6.07, 6.45) is 2.66. The van der Waals surface area contributed by atoms with Gasteiger partial charge in [-0.25, -0.2) is 0 Å². The molecule has 3 atom stereocenters. The lowest BCUT2D eigenvalue weighted by Gasteiger charge is -2.36. The van der Waals surface area contributed by atoms with Crippen LogP contribution in [0.1, 0.15) is 40.5 Å². The molecule has 3 nitrogen and oxygen atoms in total. The molecule has 19 heavy (non-hydrogen) atoms. The number of rotatable bonds is 4. The van der Waals surface area contributed by atoms with Crippen molar-refractivity contribution in [3.63, 3.8) is 0 Å². The first-order valence-corrected chi connectivity index (χ1v) is 11.2. The second-order valence-electron chi connectivity index (χ2n) is 7.49. The van der Waals surface area contributed by atoms with Gasteiger partial charge in [0.1, 0.15) is 0 Å². The van der Waals surface area contributed by atoms with Gasteiger partial charge < -0.3 is 14.3 Å². The van der Waals surface area contributed by atoms with E-state index in [1.54, 1.807) is 0 Å². The molecule has 2 aliphatic rings. The van der Waals surface area contributed by atoms with Gasteiger partial charge in [-0.05, 0) is 44.8 Å². The van der Waals surface area contributed by atoms with E-state index in [-0.39, 0.29) is 17.2 Å². The van der Waals surface area contributed by atoms with E-state index in [9.17, 15) is 4.80 Å². The van der Waals surface area contributed by atoms with Gasteiger partial charge in [0.05, 0.1) is 12.2 Å². The maximum Gasteiger partial charge on any atom is 0.188 e. The Hall–Kier alpha value is 0.447. The van der Waals surface area contributed by atoms with Crippen LogP contribution in [0, 0.1) is 0 Å². The molecule has 2 saturated heterocycles. The third-order valence-electron chi connectivity index (χ3n) is 4.77. The molecule has 0 aromatic heterocycles. The van der Waals surface area contributed by atoms with Crippen molar-refractivity contribution in [3.8, 4) is 0 Å². The fourth-order valence-corrected chi connectivity index (χ4v) is 4.83. The van der Waals surface area contributed by atoms with Crippen molar-refractivity contribution in [2.45, 2.75) is 81.9 Å². The van der Waals surface area contributed by atoms with Crippen molar-refractivity contribution in [2.24, 2.45) is 0 Å². The lowest BCUT2D eigenvalue weighted by Crippen LogP contribution is -2.40. The van der Waals surface area contributed by atoms with Gasteiger partial charge in [-0.3, -0.25) is 0 Å². The molecule has 0 saturated carbocycles. The summed E-state index contributed by atoms with van der Waals surface area (Å²) >= 11 is 1.97. The summed E-state index contributed by atoms with van der Waals surface area (Å²) in [4.78, 5) is 10.4. The van der Waals surface area contributed by atoms with Gasteiger partial charge in [0.15, 0.2) is 14.1 Å². The van der Waals surface area contributed by atoms with Crippen molar-refractivity contribution < 1.29 is 14.3 Å². The lowest BCUT2D eigenvalue weighted by molar-refractivity contribution is -0.145. The first-order chi connectivity index (χ1) is 8.52. The summed E-state index contributed by atoms with van der Waals surface area (Å²) in [5, 5.41) is 0.572. The van der Waals surface area contributed by atoms with Crippen LogP contribution in [0.4, 0.5) is 0 Å². The Morgan fingerprint density at radius 3 is 2.53 bits per heavy atom. The third-order valence-corrected chi connectivity index (χ3v) is 9.79. The van der Waals surface area contributed by atoms with Crippen molar-refractivity contribution in [1.29, 1.82) is 0 Å². The van der Waals surface area contributed by atoms with E-state index in [0.29, 0.717) is 5.25 Å². The topological polar surface area (TPSA) is 38.7 Å². The van der Waals surface area contributed by atoms with Gasteiger partial charge >= 0.3 is 0 Å². The summed E-state index contributed by atoms with van der Waals surface area (Å²) in [6, 6.07) is 0. The molecule has 112 valence electrons. The Morgan fingerprint density at radius 2 is 1.95 bits per heavy atom. The standard InChI is InChI=1S/C14H28O3SSi/c1-13(2,19(5,6)15)8-7-11-12-10(9-18-11)16-14(3,4)17-12/h10-12,15H,7-9H2,1-6H3/t10-,11+,12-/m0/s1. The average molecular weight is 305 g/mol. The van der Waals surface area contributed by atoms with E-state index in [0.717, 1.165) is 18.6 Å². The molecule has 0 spiro atoms. The zero-order chi connectivity index (χ0) is 14.5. The predicted octanol–water partition coefficient (Wildman–Crippen LogP) is 3.38. The van der Waals surface area contributed by atoms with Gasteiger partial charge in [-0.15, -0.1) is 0 Å². The van der Waals surface area contributed by atoms with Gasteiger partial charge in [-0.1, -0.05) is 13.8 Å². The van der Waals surface area contributed by atoms with E-state index in [1.165, 1.54) is 0 Å². The highest BCUT2D eigenvalue weighted by Crippen LogP contribution is 2.46. The summed E-state index contributed by atoms with van der Waals surface area (Å²) in [6.45, 7) is 12.5. The van der Waals surface area contributed by atoms with Crippen molar-refractivity contribution >= 4 is 20.1 Å². The van der Waals surface area contributed by atoms with Crippen LogP contribution in [0.3, 0.4) is 0 Å². The Balaban J connectivity index is 1.91. The SMILES string of the molecule is CC1(C)O[C@H]2[C@H](CS[C@@H]2CCC(C)(C)[Si](C)(C)O)O1. The van der Waals surface area contributed by atoms with Crippen LogP contribution in [0.5, 0.6) is 0 Å². The predicted molar refractivity (Wildman–Crippen MR) is 83.0 cm³/mol. The van der Waals surface area contributed by atoms with Crippen molar-refractivity contribution in [2.75, 3.05) is 5.75 Å². The molecule has 0 bridgehead atoms. The minimum atomic E-state index is -2.10. The molecule has 0 aromatic carbocycles. The average Bonchev–Trinajstić information content (AvgIpc) is 2.68. The van der Waals surface area contributed by atoms with Gasteiger partial charge in [0.2, 0.25) is 0 Å². The van der Waals surface area contributed by atoms with Crippen molar-refractivity contribution in [1.82, 2.24) is 0 Å². The molecule has 0 aromatic rings. The summed E-state index contributed by atoms with van der Waals surface area (Å²) in [5.41, 5.74) is 0. The zero-order valence-electron chi connectivity index (χ0n) is 13.0. The summed E-state index contributed by atoms with van der Waals surface area (Å²) in [5.74, 6) is 0.619. The molecule has 0 amide bonds. The highest BCUT2D eigenvalue weighted by atomic mass is 32.2. The molecule has 2 aliphatic heterocycles. The largest absolute Gasteiger partial charge is 0.432 e. The molecule has 0 radical (unpaired) electrons. The number of ether oxygens (including phenoxy) is 2. The van der Waals surface area contributed by atoms with Crippen LogP contribution in [0.25, 0.3) is 0 Å². The highest BCUT2D eigenvalue weighted by molar-refractivity contribution is 8.00. The quantitative estimate of drug-likeness (QED) is 0.808. The van der Waals surface area contributed by atoms with Gasteiger partial charge in [0.25, 0.3) is 0 Å². The van der Waals surface area contributed by atoms with E-state index in [2.05, 4.69) is 13.8 Å². The molecule has 0 aliphatic carbocycles. The van der Waals surface area contributed by atoms with Crippen LogP contribution < -0.4 is 0 Å². The Labute approximate surface area is 122 Å². The van der Waals surface area contributed by atoms with E-state index in [1.807, 2.05) is 38.7 Å². The fraction of sp³-hybridized carbons (Fsp3) is 1.00. The Bertz CT molecular complexity index is 338. The Morgan fingerprint density at radius 1 is 1.32 bits per heavy atom. The van der Waals surface area contributed by atoms with E-state index >= 15 is 0 Å². The van der Waals surface area contributed by atoms with Crippen LogP contribution in [0.2, 0.25) is 18.1 Å². The molecule has 2 heterocycles. The van der Waals surface area contributed by atoms with Crippen LogP contribution in [0.15, 0.2) is 0 Å². The smallest absolute Gasteiger partial charge is 0.188 e. The molecule has 5 heteroatoms. The summed E-state index contributed by atoms with van der Waals surface area (Å²) < 4.78 is 12.0. The molecular weight excluding hydrogens is 276 g/mol. The van der Waals surface area contributed by atoms with Crippen molar-refractivity contribution in [3.05, 3.63) is 0 Å². The van der Waals surface area contributed by atoms with Gasteiger partial charge in [0, 0.05) is 11.0 Å². The number of hydrogen-bond acceptors (Lipinski definition) is 4. The summed E-state index contributed by atoms with van der Waals surface area (Å²) in [7, 11) is -2.10. The second kappa shape index (κ2) is 5.02. The maximum atomic E-state index is 10.4. The minimum Gasteiger partial charge on any atom is -0.432 e. The second-order valence-corrected chi connectivity index (χ2v) is 13.2. The normalized spacial score (nSPS) is 34.6. The first kappa shape index (κ1) is 15.8. The zero-order valence-corrected chi connectivity index (χ0v) is 14.8. The molecule has 2 rings (SSSR count). The number of fused-ring (bicyclic) bond motifs is 1. The number of thioether (sulfide) groups is 1. The maximum absolute atomic E-state index is 10.4. The Kier molecular flexibility index (Phi) is 4.18. The fourth-order valence-electron chi connectivity index (χ4n) is 2.68. The minimum absolute atomic E-state index is 0.0562. The lowest BCUT2D eigenvalue weighted by atomic mass is 10.0. The number of hydrogen-bond donors (Lipinski definition) is 1. The van der Waals surface area contributed by atoms with Gasteiger partial charge in [-0.2, -0.15) is 11.8 Å². The molecule has 0 unspecified atom stereocenters. The van der Waals surface area contributed by atoms with E-state index < -0.39 is 14.1 Å². The van der Waals surface area contributed by atoms with Crippen LogP contribution >= 0.6 is 11.8 Å². The third kappa shape index (κ3) is 3.38.